The first kappa shape index (κ1) is 10.7. The van der Waals surface area contributed by atoms with Crippen molar-refractivity contribution in [2.24, 2.45) is 5.73 Å². The largest absolute Gasteiger partial charge is 0.388 e. The minimum Gasteiger partial charge on any atom is -0.388 e. The van der Waals surface area contributed by atoms with E-state index in [1.165, 1.54) is 0 Å². The zero-order valence-corrected chi connectivity index (χ0v) is 9.38. The molecule has 0 radical (unpaired) electrons. The van der Waals surface area contributed by atoms with E-state index in [4.69, 9.17) is 5.73 Å². The molecule has 2 nitrogen and oxygen atoms in total. The fourth-order valence-corrected chi connectivity index (χ4v) is 1.52. The van der Waals surface area contributed by atoms with Crippen LogP contribution in [0.4, 0.5) is 0 Å². The molecule has 1 rings (SSSR count). The van der Waals surface area contributed by atoms with E-state index < -0.39 is 5.60 Å². The van der Waals surface area contributed by atoms with Crippen LogP contribution in [-0.4, -0.2) is 10.7 Å². The minimum absolute atomic E-state index is 0.356. The summed E-state index contributed by atoms with van der Waals surface area (Å²) in [5, 5.41) is 9.69. The zero-order chi connectivity index (χ0) is 10.1. The van der Waals surface area contributed by atoms with Crippen molar-refractivity contribution < 1.29 is 5.11 Å². The number of hydrogen-bond donors (Lipinski definition) is 2. The van der Waals surface area contributed by atoms with Crippen LogP contribution in [0.5, 0.6) is 0 Å². The van der Waals surface area contributed by atoms with Gasteiger partial charge in [-0.1, -0.05) is 28.1 Å². The van der Waals surface area contributed by atoms with Gasteiger partial charge in [-0.3, -0.25) is 0 Å². The summed E-state index contributed by atoms with van der Waals surface area (Å²) in [6.45, 7) is 3.41. The Kier molecular flexibility index (Phi) is 3.11. The van der Waals surface area contributed by atoms with Crippen molar-refractivity contribution in [2.45, 2.75) is 25.5 Å². The van der Waals surface area contributed by atoms with Crippen LogP contribution in [0, 0.1) is 0 Å². The van der Waals surface area contributed by atoms with E-state index >= 15 is 0 Å². The fourth-order valence-electron chi connectivity index (χ4n) is 1.11. The number of benzene rings is 1. The van der Waals surface area contributed by atoms with Crippen LogP contribution >= 0.6 is 15.9 Å². The Balaban J connectivity index is 2.96. The zero-order valence-electron chi connectivity index (χ0n) is 7.79. The van der Waals surface area contributed by atoms with Gasteiger partial charge >= 0.3 is 0 Å². The van der Waals surface area contributed by atoms with Gasteiger partial charge in [0, 0.05) is 4.47 Å². The molecule has 13 heavy (non-hydrogen) atoms. The van der Waals surface area contributed by atoms with Crippen LogP contribution in [0.2, 0.25) is 0 Å². The fraction of sp³-hybridized carbons (Fsp3) is 0.400. The van der Waals surface area contributed by atoms with Gasteiger partial charge in [-0.25, -0.2) is 0 Å². The first-order valence-corrected chi connectivity index (χ1v) is 4.94. The lowest BCUT2D eigenvalue weighted by Gasteiger charge is -2.26. The average Bonchev–Trinajstić information content (AvgIpc) is 2.01. The van der Waals surface area contributed by atoms with Crippen LogP contribution in [0.3, 0.4) is 0 Å². The number of nitrogens with two attached hydrogens (primary N) is 1. The second-order valence-electron chi connectivity index (χ2n) is 3.69. The molecular formula is C10H14BrNO. The number of hydrogen-bond acceptors (Lipinski definition) is 2. The van der Waals surface area contributed by atoms with Gasteiger partial charge in [-0.2, -0.15) is 0 Å². The van der Waals surface area contributed by atoms with E-state index in [0.717, 1.165) is 10.0 Å². The molecule has 1 aromatic carbocycles. The van der Waals surface area contributed by atoms with Crippen molar-refractivity contribution in [1.29, 1.82) is 0 Å². The first-order valence-electron chi connectivity index (χ1n) is 4.14. The monoisotopic (exact) mass is 243 g/mol. The van der Waals surface area contributed by atoms with E-state index in [1.807, 2.05) is 24.3 Å². The highest BCUT2D eigenvalue weighted by Gasteiger charge is 2.24. The maximum Gasteiger partial charge on any atom is 0.0783 e. The van der Waals surface area contributed by atoms with Crippen molar-refractivity contribution in [3.63, 3.8) is 0 Å². The molecule has 1 atom stereocenters. The van der Waals surface area contributed by atoms with E-state index in [0.29, 0.717) is 0 Å². The normalized spacial score (nSPS) is 14.2. The van der Waals surface area contributed by atoms with Crippen molar-refractivity contribution in [3.05, 3.63) is 34.3 Å². The standard InChI is InChI=1S/C10H14BrNO/c1-10(2,13)9(12)7-4-3-5-8(11)6-7/h3-6,9,13H,12H2,1-2H3. The third-order valence-corrected chi connectivity index (χ3v) is 2.46. The second-order valence-corrected chi connectivity index (χ2v) is 4.60. The van der Waals surface area contributed by atoms with Crippen molar-refractivity contribution in [2.75, 3.05) is 0 Å². The Bertz CT molecular complexity index is 293. The summed E-state index contributed by atoms with van der Waals surface area (Å²) < 4.78 is 0.977. The van der Waals surface area contributed by atoms with Crippen molar-refractivity contribution in [3.8, 4) is 0 Å². The lowest BCUT2D eigenvalue weighted by molar-refractivity contribution is 0.0517. The third kappa shape index (κ3) is 2.79. The van der Waals surface area contributed by atoms with Crippen molar-refractivity contribution >= 4 is 15.9 Å². The first-order chi connectivity index (χ1) is 5.91. The lowest BCUT2D eigenvalue weighted by atomic mass is 9.93. The molecule has 0 bridgehead atoms. The molecule has 0 saturated carbocycles. The molecule has 0 aliphatic rings. The van der Waals surface area contributed by atoms with Gasteiger partial charge in [0.2, 0.25) is 0 Å². The van der Waals surface area contributed by atoms with Gasteiger partial charge in [0.1, 0.15) is 0 Å². The number of rotatable bonds is 2. The Morgan fingerprint density at radius 1 is 1.46 bits per heavy atom. The molecule has 0 aliphatic carbocycles. The summed E-state index contributed by atoms with van der Waals surface area (Å²) in [5.41, 5.74) is 5.91. The molecule has 72 valence electrons. The smallest absolute Gasteiger partial charge is 0.0783 e. The van der Waals surface area contributed by atoms with Gasteiger partial charge in [-0.05, 0) is 31.5 Å². The van der Waals surface area contributed by atoms with E-state index in [1.54, 1.807) is 13.8 Å². The molecule has 0 aromatic heterocycles. The van der Waals surface area contributed by atoms with Crippen molar-refractivity contribution in [1.82, 2.24) is 0 Å². The molecule has 1 aromatic rings. The Hall–Kier alpha value is -0.380. The lowest BCUT2D eigenvalue weighted by Crippen LogP contribution is -2.34. The predicted octanol–water partition coefficient (Wildman–Crippen LogP) is 2.22. The molecule has 3 N–H and O–H groups in total. The summed E-state index contributed by atoms with van der Waals surface area (Å²) in [6, 6.07) is 7.31. The molecule has 0 spiro atoms. The van der Waals surface area contributed by atoms with Gasteiger partial charge in [-0.15, -0.1) is 0 Å². The highest BCUT2D eigenvalue weighted by atomic mass is 79.9. The molecule has 0 heterocycles. The van der Waals surface area contributed by atoms with Gasteiger partial charge in [0.05, 0.1) is 11.6 Å². The minimum atomic E-state index is -0.888. The highest BCUT2D eigenvalue weighted by molar-refractivity contribution is 9.10. The van der Waals surface area contributed by atoms with Gasteiger partial charge in [0.15, 0.2) is 0 Å². The maximum atomic E-state index is 9.69. The van der Waals surface area contributed by atoms with Gasteiger partial charge in [0.25, 0.3) is 0 Å². The summed E-state index contributed by atoms with van der Waals surface area (Å²) in [4.78, 5) is 0. The van der Waals surface area contributed by atoms with E-state index in [9.17, 15) is 5.11 Å². The second kappa shape index (κ2) is 3.78. The maximum absolute atomic E-state index is 9.69. The summed E-state index contributed by atoms with van der Waals surface area (Å²) in [5.74, 6) is 0. The highest BCUT2D eigenvalue weighted by Crippen LogP contribution is 2.24. The predicted molar refractivity (Wildman–Crippen MR) is 57.4 cm³/mol. The third-order valence-electron chi connectivity index (χ3n) is 1.97. The summed E-state index contributed by atoms with van der Waals surface area (Å²) in [6.07, 6.45) is 0. The summed E-state index contributed by atoms with van der Waals surface area (Å²) in [7, 11) is 0. The van der Waals surface area contributed by atoms with Gasteiger partial charge < -0.3 is 10.8 Å². The average molecular weight is 244 g/mol. The molecule has 1 unspecified atom stereocenters. The molecule has 0 amide bonds. The number of halogens is 1. The number of aliphatic hydroxyl groups is 1. The van der Waals surface area contributed by atoms with Crippen LogP contribution in [0.1, 0.15) is 25.5 Å². The Morgan fingerprint density at radius 2 is 2.08 bits per heavy atom. The van der Waals surface area contributed by atoms with Crippen LogP contribution in [0.15, 0.2) is 28.7 Å². The summed E-state index contributed by atoms with van der Waals surface area (Å²) >= 11 is 3.36. The van der Waals surface area contributed by atoms with Crippen LogP contribution in [-0.2, 0) is 0 Å². The molecule has 0 fully saturated rings. The Morgan fingerprint density at radius 3 is 2.54 bits per heavy atom. The molecule has 3 heteroatoms. The van der Waals surface area contributed by atoms with Crippen LogP contribution < -0.4 is 5.73 Å². The van der Waals surface area contributed by atoms with E-state index in [2.05, 4.69) is 15.9 Å². The van der Waals surface area contributed by atoms with E-state index in [-0.39, 0.29) is 6.04 Å². The quantitative estimate of drug-likeness (QED) is 0.837. The topological polar surface area (TPSA) is 46.2 Å². The molecular weight excluding hydrogens is 230 g/mol. The Labute approximate surface area is 86.9 Å². The SMILES string of the molecule is CC(C)(O)C(N)c1cccc(Br)c1. The molecule has 0 aliphatic heterocycles. The molecule has 0 saturated heterocycles. The van der Waals surface area contributed by atoms with Crippen LogP contribution in [0.25, 0.3) is 0 Å².